The molecule has 2 aromatic heterocycles. The minimum atomic E-state index is -0.155. The Labute approximate surface area is 185 Å². The Morgan fingerprint density at radius 3 is 2.59 bits per heavy atom. The van der Waals surface area contributed by atoms with Gasteiger partial charge in [0, 0.05) is 23.3 Å². The summed E-state index contributed by atoms with van der Waals surface area (Å²) in [7, 11) is 0. The molecular formula is C26H22N4O2. The van der Waals surface area contributed by atoms with Crippen molar-refractivity contribution in [3.63, 3.8) is 0 Å². The van der Waals surface area contributed by atoms with Crippen LogP contribution < -0.4 is 10.1 Å². The molecule has 0 aliphatic carbocycles. The highest BCUT2D eigenvalue weighted by molar-refractivity contribution is 5.94. The fourth-order valence-electron chi connectivity index (χ4n) is 3.84. The van der Waals surface area contributed by atoms with Crippen molar-refractivity contribution in [2.75, 3.05) is 6.61 Å². The van der Waals surface area contributed by atoms with Crippen LogP contribution in [0.4, 0.5) is 0 Å². The predicted molar refractivity (Wildman–Crippen MR) is 125 cm³/mol. The predicted octanol–water partition coefficient (Wildman–Crippen LogP) is 4.59. The fourth-order valence-corrected chi connectivity index (χ4v) is 3.84. The number of hydrogen-bond acceptors (Lipinski definition) is 4. The maximum absolute atomic E-state index is 12.5. The van der Waals surface area contributed by atoms with Crippen molar-refractivity contribution in [1.29, 1.82) is 0 Å². The molecule has 3 aromatic carbocycles. The first-order chi connectivity index (χ1) is 15.8. The van der Waals surface area contributed by atoms with E-state index in [0.717, 1.165) is 33.4 Å². The summed E-state index contributed by atoms with van der Waals surface area (Å²) >= 11 is 0. The summed E-state index contributed by atoms with van der Waals surface area (Å²) in [6.07, 6.45) is 3.21. The Morgan fingerprint density at radius 2 is 1.69 bits per heavy atom. The number of amides is 1. The highest BCUT2D eigenvalue weighted by Gasteiger charge is 2.13. The van der Waals surface area contributed by atoms with Crippen LogP contribution in [0.25, 0.3) is 21.8 Å². The van der Waals surface area contributed by atoms with Crippen molar-refractivity contribution in [3.8, 4) is 5.75 Å². The summed E-state index contributed by atoms with van der Waals surface area (Å²) in [6.45, 7) is 1.42. The molecule has 2 heterocycles. The van der Waals surface area contributed by atoms with Crippen molar-refractivity contribution < 1.29 is 9.53 Å². The number of fused-ring (bicyclic) bond motifs is 2. The quantitative estimate of drug-likeness (QED) is 0.416. The second-order valence-corrected chi connectivity index (χ2v) is 7.41. The number of carbonyl (C=O) groups is 1. The van der Waals surface area contributed by atoms with Crippen molar-refractivity contribution >= 4 is 27.7 Å². The Bertz CT molecular complexity index is 1370. The number of imidazole rings is 1. The summed E-state index contributed by atoms with van der Waals surface area (Å²) in [6, 6.07) is 25.6. The Hall–Kier alpha value is -4.19. The summed E-state index contributed by atoms with van der Waals surface area (Å²) in [4.78, 5) is 21.2. The van der Waals surface area contributed by atoms with Gasteiger partial charge in [0.25, 0.3) is 5.91 Å². The van der Waals surface area contributed by atoms with Gasteiger partial charge in [-0.1, -0.05) is 48.5 Å². The van der Waals surface area contributed by atoms with Gasteiger partial charge in [0.1, 0.15) is 18.2 Å². The van der Waals surface area contributed by atoms with Crippen LogP contribution in [0.1, 0.15) is 16.2 Å². The molecule has 5 rings (SSSR count). The molecule has 0 aliphatic rings. The van der Waals surface area contributed by atoms with Crippen LogP contribution in [0.15, 0.2) is 91.3 Å². The first kappa shape index (κ1) is 19.8. The van der Waals surface area contributed by atoms with Gasteiger partial charge in [0.15, 0.2) is 0 Å². The molecule has 6 nitrogen and oxygen atoms in total. The lowest BCUT2D eigenvalue weighted by Crippen LogP contribution is -2.25. The Kier molecular flexibility index (Phi) is 5.49. The van der Waals surface area contributed by atoms with E-state index in [2.05, 4.69) is 33.1 Å². The number of para-hydroxylation sites is 2. The topological polar surface area (TPSA) is 69.0 Å². The average Bonchev–Trinajstić information content (AvgIpc) is 3.20. The molecule has 1 N–H and O–H groups in total. The van der Waals surface area contributed by atoms with Crippen LogP contribution in [0.3, 0.4) is 0 Å². The largest absolute Gasteiger partial charge is 0.491 e. The number of aromatic nitrogens is 3. The number of benzene rings is 3. The molecule has 6 heteroatoms. The standard InChI is InChI=1S/C26H22N4O2/c31-26(20-12-14-27-15-13-20)28-18-25-29-22-9-3-4-10-23(22)30(25)16-17-32-24-11-5-7-19-6-1-2-8-21(19)24/h1-15H,16-18H2,(H,28,31). The van der Waals surface area contributed by atoms with Crippen LogP contribution in [-0.2, 0) is 13.1 Å². The van der Waals surface area contributed by atoms with Gasteiger partial charge >= 0.3 is 0 Å². The number of ether oxygens (including phenoxy) is 1. The van der Waals surface area contributed by atoms with Gasteiger partial charge in [-0.2, -0.15) is 0 Å². The summed E-state index contributed by atoms with van der Waals surface area (Å²) in [5, 5.41) is 5.20. The Morgan fingerprint density at radius 1 is 0.906 bits per heavy atom. The average molecular weight is 422 g/mol. The van der Waals surface area contributed by atoms with E-state index >= 15 is 0 Å². The maximum Gasteiger partial charge on any atom is 0.251 e. The molecule has 0 aliphatic heterocycles. The normalized spacial score (nSPS) is 11.0. The number of rotatable bonds is 7. The van der Waals surface area contributed by atoms with Gasteiger partial charge in [-0.3, -0.25) is 9.78 Å². The molecule has 0 bridgehead atoms. The number of nitrogens with zero attached hydrogens (tertiary/aromatic N) is 3. The molecule has 0 unspecified atom stereocenters. The molecule has 1 amide bonds. The third-order valence-electron chi connectivity index (χ3n) is 5.41. The third-order valence-corrected chi connectivity index (χ3v) is 5.41. The SMILES string of the molecule is O=C(NCc1nc2ccccc2n1CCOc1cccc2ccccc12)c1ccncc1. The lowest BCUT2D eigenvalue weighted by molar-refractivity contribution is 0.0949. The summed E-state index contributed by atoms with van der Waals surface area (Å²) in [5.41, 5.74) is 2.48. The maximum atomic E-state index is 12.5. The third kappa shape index (κ3) is 4.03. The zero-order chi connectivity index (χ0) is 21.8. The molecule has 0 radical (unpaired) electrons. The second kappa shape index (κ2) is 8.89. The highest BCUT2D eigenvalue weighted by Crippen LogP contribution is 2.25. The van der Waals surface area contributed by atoms with Gasteiger partial charge in [-0.15, -0.1) is 0 Å². The van der Waals surface area contributed by atoms with Gasteiger partial charge in [-0.25, -0.2) is 4.98 Å². The van der Waals surface area contributed by atoms with E-state index < -0.39 is 0 Å². The molecule has 0 saturated heterocycles. The second-order valence-electron chi connectivity index (χ2n) is 7.41. The van der Waals surface area contributed by atoms with Gasteiger partial charge < -0.3 is 14.6 Å². The molecule has 158 valence electrons. The van der Waals surface area contributed by atoms with Crippen molar-refractivity contribution in [2.24, 2.45) is 0 Å². The van der Waals surface area contributed by atoms with Crippen molar-refractivity contribution in [2.45, 2.75) is 13.1 Å². The molecule has 0 atom stereocenters. The van der Waals surface area contributed by atoms with E-state index in [1.165, 1.54) is 0 Å². The molecule has 5 aromatic rings. The first-order valence-electron chi connectivity index (χ1n) is 10.5. The van der Waals surface area contributed by atoms with E-state index in [9.17, 15) is 4.79 Å². The molecule has 0 spiro atoms. The van der Waals surface area contributed by atoms with Crippen molar-refractivity contribution in [1.82, 2.24) is 19.9 Å². The Balaban J connectivity index is 1.34. The minimum absolute atomic E-state index is 0.155. The van der Waals surface area contributed by atoms with E-state index in [1.54, 1.807) is 24.5 Å². The van der Waals surface area contributed by atoms with E-state index in [1.807, 2.05) is 48.5 Å². The van der Waals surface area contributed by atoms with E-state index in [4.69, 9.17) is 9.72 Å². The fraction of sp³-hybridized carbons (Fsp3) is 0.115. The molecular weight excluding hydrogens is 400 g/mol. The monoisotopic (exact) mass is 422 g/mol. The van der Waals surface area contributed by atoms with Crippen LogP contribution >= 0.6 is 0 Å². The summed E-state index contributed by atoms with van der Waals surface area (Å²) in [5.74, 6) is 1.49. The highest BCUT2D eigenvalue weighted by atomic mass is 16.5. The van der Waals surface area contributed by atoms with Crippen LogP contribution in [0.5, 0.6) is 5.75 Å². The van der Waals surface area contributed by atoms with Crippen molar-refractivity contribution in [3.05, 3.63) is 103 Å². The number of nitrogens with one attached hydrogen (secondary N) is 1. The van der Waals surface area contributed by atoms with Crippen LogP contribution in [-0.4, -0.2) is 27.0 Å². The molecule has 0 saturated carbocycles. The van der Waals surface area contributed by atoms with Gasteiger partial charge in [0.05, 0.1) is 24.1 Å². The van der Waals surface area contributed by atoms with Gasteiger partial charge in [-0.05, 0) is 35.7 Å². The first-order valence-corrected chi connectivity index (χ1v) is 10.5. The lowest BCUT2D eigenvalue weighted by atomic mass is 10.1. The zero-order valence-electron chi connectivity index (χ0n) is 17.4. The number of pyridine rings is 1. The minimum Gasteiger partial charge on any atom is -0.491 e. The number of carbonyl (C=O) groups excluding carboxylic acids is 1. The van der Waals surface area contributed by atoms with Crippen LogP contribution in [0.2, 0.25) is 0 Å². The van der Waals surface area contributed by atoms with E-state index in [0.29, 0.717) is 25.3 Å². The smallest absolute Gasteiger partial charge is 0.251 e. The van der Waals surface area contributed by atoms with E-state index in [-0.39, 0.29) is 5.91 Å². The molecule has 32 heavy (non-hydrogen) atoms. The van der Waals surface area contributed by atoms with Crippen LogP contribution in [0, 0.1) is 0 Å². The zero-order valence-corrected chi connectivity index (χ0v) is 17.4. The molecule has 0 fully saturated rings. The van der Waals surface area contributed by atoms with Gasteiger partial charge in [0.2, 0.25) is 0 Å². The lowest BCUT2D eigenvalue weighted by Gasteiger charge is -2.13. The number of hydrogen-bond donors (Lipinski definition) is 1. The summed E-state index contributed by atoms with van der Waals surface area (Å²) < 4.78 is 8.25.